The zero-order chi connectivity index (χ0) is 19.9. The molecule has 1 aromatic carbocycles. The number of amides is 1. The van der Waals surface area contributed by atoms with E-state index < -0.39 is 12.0 Å². The maximum Gasteiger partial charge on any atom is 0.451 e. The van der Waals surface area contributed by atoms with Crippen molar-refractivity contribution in [2.24, 2.45) is 0 Å². The summed E-state index contributed by atoms with van der Waals surface area (Å²) in [6, 6.07) is 6.79. The van der Waals surface area contributed by atoms with Crippen LogP contribution < -0.4 is 10.2 Å². The third-order valence-corrected chi connectivity index (χ3v) is 5.30. The highest BCUT2D eigenvalue weighted by atomic mass is 19.4. The van der Waals surface area contributed by atoms with E-state index in [2.05, 4.69) is 20.2 Å². The number of hydrogen-bond acceptors (Lipinski definition) is 5. The van der Waals surface area contributed by atoms with Gasteiger partial charge in [-0.2, -0.15) is 13.2 Å². The number of fused-ring (bicyclic) bond motifs is 1. The highest BCUT2D eigenvalue weighted by molar-refractivity contribution is 5.89. The number of benzene rings is 1. The number of aromatic nitrogens is 2. The number of anilines is 1. The average Bonchev–Trinajstić information content (AvgIpc) is 3.50. The van der Waals surface area contributed by atoms with Crippen molar-refractivity contribution in [1.29, 1.82) is 0 Å². The van der Waals surface area contributed by atoms with Gasteiger partial charge >= 0.3 is 6.18 Å². The van der Waals surface area contributed by atoms with Gasteiger partial charge in [-0.05, 0) is 31.9 Å². The summed E-state index contributed by atoms with van der Waals surface area (Å²) >= 11 is 0. The van der Waals surface area contributed by atoms with Crippen molar-refractivity contribution in [1.82, 2.24) is 20.2 Å². The van der Waals surface area contributed by atoms with Gasteiger partial charge in [-0.1, -0.05) is 12.1 Å². The molecule has 1 unspecified atom stereocenters. The molecular weight excluding hydrogens is 371 g/mol. The molecule has 0 bridgehead atoms. The fraction of sp³-hybridized carbons (Fsp3) is 0.526. The zero-order valence-electron chi connectivity index (χ0n) is 15.5. The topological polar surface area (TPSA) is 61.4 Å². The van der Waals surface area contributed by atoms with E-state index in [9.17, 15) is 18.0 Å². The summed E-state index contributed by atoms with van der Waals surface area (Å²) in [5.41, 5.74) is 0.277. The van der Waals surface area contributed by atoms with Crippen LogP contribution in [0.4, 0.5) is 19.0 Å². The summed E-state index contributed by atoms with van der Waals surface area (Å²) < 4.78 is 39.7. The van der Waals surface area contributed by atoms with E-state index in [0.29, 0.717) is 43.4 Å². The molecule has 1 atom stereocenters. The lowest BCUT2D eigenvalue weighted by Crippen LogP contribution is -2.54. The minimum absolute atomic E-state index is 0.0165. The smallest absolute Gasteiger partial charge is 0.353 e. The number of nitrogens with zero attached hydrogens (tertiary/aromatic N) is 4. The second-order valence-corrected chi connectivity index (χ2v) is 7.37. The second-order valence-electron chi connectivity index (χ2n) is 7.37. The van der Waals surface area contributed by atoms with Gasteiger partial charge in [-0.3, -0.25) is 9.69 Å². The van der Waals surface area contributed by atoms with Crippen LogP contribution >= 0.6 is 0 Å². The number of para-hydroxylation sites is 1. The Morgan fingerprint density at radius 3 is 2.46 bits per heavy atom. The summed E-state index contributed by atoms with van der Waals surface area (Å²) in [5.74, 6) is -0.809. The molecular formula is C19H22F3N5O. The summed E-state index contributed by atoms with van der Waals surface area (Å²) in [7, 11) is 0. The van der Waals surface area contributed by atoms with Crippen molar-refractivity contribution < 1.29 is 18.0 Å². The molecule has 1 saturated heterocycles. The lowest BCUT2D eigenvalue weighted by atomic mass is 10.2. The Morgan fingerprint density at radius 1 is 1.14 bits per heavy atom. The quantitative estimate of drug-likeness (QED) is 0.865. The Labute approximate surface area is 160 Å². The number of carbonyl (C=O) groups excluding carboxylic acids is 1. The summed E-state index contributed by atoms with van der Waals surface area (Å²) in [6.07, 6.45) is -2.53. The number of carbonyl (C=O) groups is 1. The van der Waals surface area contributed by atoms with E-state index >= 15 is 0 Å². The molecule has 1 amide bonds. The van der Waals surface area contributed by atoms with Crippen molar-refractivity contribution in [3.05, 3.63) is 30.1 Å². The molecule has 150 valence electrons. The van der Waals surface area contributed by atoms with Gasteiger partial charge in [0.15, 0.2) is 0 Å². The van der Waals surface area contributed by atoms with Crippen LogP contribution in [-0.2, 0) is 11.0 Å². The zero-order valence-corrected chi connectivity index (χ0v) is 15.5. The van der Waals surface area contributed by atoms with Crippen LogP contribution in [-0.4, -0.2) is 59.0 Å². The number of piperazine rings is 1. The molecule has 2 aliphatic rings. The molecule has 28 heavy (non-hydrogen) atoms. The third kappa shape index (κ3) is 3.89. The van der Waals surface area contributed by atoms with E-state index in [0.717, 1.165) is 12.8 Å². The first-order valence-corrected chi connectivity index (χ1v) is 9.46. The Bertz CT molecular complexity index is 875. The molecule has 2 heterocycles. The summed E-state index contributed by atoms with van der Waals surface area (Å²) in [5, 5.41) is 3.60. The standard InChI is InChI=1S/C19H22F3N5O/c1-12(17(28)23-13-6-7-13)26-8-10-27(11-9-26)16-14-4-2-3-5-15(14)24-18(25-16)19(20,21)22/h2-5,12-13H,6-11H2,1H3,(H,23,28). The fourth-order valence-corrected chi connectivity index (χ4v) is 3.46. The number of nitrogens with one attached hydrogen (secondary N) is 1. The van der Waals surface area contributed by atoms with Crippen molar-refractivity contribution in [2.75, 3.05) is 31.1 Å². The lowest BCUT2D eigenvalue weighted by Gasteiger charge is -2.38. The molecule has 0 spiro atoms. The number of hydrogen-bond donors (Lipinski definition) is 1. The molecule has 1 saturated carbocycles. The van der Waals surface area contributed by atoms with Crippen LogP contribution in [0.2, 0.25) is 0 Å². The van der Waals surface area contributed by atoms with Crippen LogP contribution in [0.15, 0.2) is 24.3 Å². The van der Waals surface area contributed by atoms with Gasteiger partial charge in [0.1, 0.15) is 5.82 Å². The van der Waals surface area contributed by atoms with Crippen LogP contribution in [0.5, 0.6) is 0 Å². The number of rotatable bonds is 4. The summed E-state index contributed by atoms with van der Waals surface area (Å²) in [4.78, 5) is 23.7. The largest absolute Gasteiger partial charge is 0.451 e. The Hall–Kier alpha value is -2.42. The SMILES string of the molecule is CC(C(=O)NC1CC1)N1CCN(c2nc(C(F)(F)F)nc3ccccc23)CC1. The Kier molecular flexibility index (Phi) is 4.86. The lowest BCUT2D eigenvalue weighted by molar-refractivity contribution is -0.144. The first kappa shape index (κ1) is 18.9. The molecule has 2 aromatic rings. The molecule has 4 rings (SSSR count). The second kappa shape index (κ2) is 7.20. The van der Waals surface area contributed by atoms with Crippen molar-refractivity contribution in [3.8, 4) is 0 Å². The van der Waals surface area contributed by atoms with Gasteiger partial charge in [-0.15, -0.1) is 0 Å². The molecule has 1 aliphatic heterocycles. The van der Waals surface area contributed by atoms with E-state index in [1.807, 2.05) is 11.8 Å². The molecule has 1 aromatic heterocycles. The molecule has 1 N–H and O–H groups in total. The van der Waals surface area contributed by atoms with Gasteiger partial charge in [0.2, 0.25) is 11.7 Å². The highest BCUT2D eigenvalue weighted by Crippen LogP contribution is 2.32. The highest BCUT2D eigenvalue weighted by Gasteiger charge is 2.36. The first-order valence-electron chi connectivity index (χ1n) is 9.46. The minimum Gasteiger partial charge on any atom is -0.353 e. The van der Waals surface area contributed by atoms with Gasteiger partial charge in [0, 0.05) is 37.6 Å². The normalized spacial score (nSPS) is 19.6. The Balaban J connectivity index is 1.52. The van der Waals surface area contributed by atoms with Gasteiger partial charge in [-0.25, -0.2) is 9.97 Å². The number of alkyl halides is 3. The molecule has 9 heteroatoms. The van der Waals surface area contributed by atoms with E-state index in [1.165, 1.54) is 0 Å². The van der Waals surface area contributed by atoms with Crippen LogP contribution in [0.25, 0.3) is 10.9 Å². The molecule has 1 aliphatic carbocycles. The van der Waals surface area contributed by atoms with Gasteiger partial charge in [0.25, 0.3) is 0 Å². The minimum atomic E-state index is -4.60. The van der Waals surface area contributed by atoms with Crippen LogP contribution in [0, 0.1) is 0 Å². The predicted octanol–water partition coefficient (Wildman–Crippen LogP) is 2.44. The first-order chi connectivity index (χ1) is 13.3. The van der Waals surface area contributed by atoms with Crippen LogP contribution in [0.3, 0.4) is 0 Å². The van der Waals surface area contributed by atoms with Crippen molar-refractivity contribution >= 4 is 22.6 Å². The fourth-order valence-electron chi connectivity index (χ4n) is 3.46. The molecule has 2 fully saturated rings. The van der Waals surface area contributed by atoms with Gasteiger partial charge in [0.05, 0.1) is 11.6 Å². The maximum atomic E-state index is 13.2. The van der Waals surface area contributed by atoms with Crippen molar-refractivity contribution in [3.63, 3.8) is 0 Å². The Morgan fingerprint density at radius 2 is 1.82 bits per heavy atom. The van der Waals surface area contributed by atoms with E-state index in [1.54, 1.807) is 24.3 Å². The van der Waals surface area contributed by atoms with E-state index in [-0.39, 0.29) is 17.5 Å². The monoisotopic (exact) mass is 393 g/mol. The van der Waals surface area contributed by atoms with Gasteiger partial charge < -0.3 is 10.2 Å². The predicted molar refractivity (Wildman–Crippen MR) is 99.0 cm³/mol. The molecule has 6 nitrogen and oxygen atoms in total. The van der Waals surface area contributed by atoms with Crippen LogP contribution in [0.1, 0.15) is 25.6 Å². The molecule has 0 radical (unpaired) electrons. The average molecular weight is 393 g/mol. The number of halogens is 3. The maximum absolute atomic E-state index is 13.2. The summed E-state index contributed by atoms with van der Waals surface area (Å²) in [6.45, 7) is 4.03. The van der Waals surface area contributed by atoms with E-state index in [4.69, 9.17) is 0 Å². The van der Waals surface area contributed by atoms with Crippen molar-refractivity contribution in [2.45, 2.75) is 38.0 Å². The third-order valence-electron chi connectivity index (χ3n) is 5.30.